The quantitative estimate of drug-likeness (QED) is 0.311. The number of rotatable bonds is 7. The molecule has 2 saturated carbocycles. The molecule has 44 heavy (non-hydrogen) atoms. The molecule has 0 aliphatic heterocycles. The lowest BCUT2D eigenvalue weighted by molar-refractivity contribution is -0.205. The summed E-state index contributed by atoms with van der Waals surface area (Å²) < 4.78 is 0. The average molecular weight is 599 g/mol. The second kappa shape index (κ2) is 10.7. The Kier molecular flexibility index (Phi) is 7.73. The van der Waals surface area contributed by atoms with Crippen LogP contribution in [0.1, 0.15) is 82.3 Å². The Morgan fingerprint density at radius 3 is 2.23 bits per heavy atom. The molecule has 232 valence electrons. The van der Waals surface area contributed by atoms with Crippen molar-refractivity contribution in [3.8, 4) is 16.9 Å². The number of ketones is 5. The Bertz CT molecular complexity index is 1610. The van der Waals surface area contributed by atoms with Gasteiger partial charge in [-0.15, -0.1) is 0 Å². The van der Waals surface area contributed by atoms with Gasteiger partial charge in [0.15, 0.2) is 28.7 Å². The first-order valence-corrected chi connectivity index (χ1v) is 15.5. The summed E-state index contributed by atoms with van der Waals surface area (Å²) in [7, 11) is 0. The molecule has 7 nitrogen and oxygen atoms in total. The Morgan fingerprint density at radius 2 is 1.66 bits per heavy atom. The van der Waals surface area contributed by atoms with Gasteiger partial charge in [-0.25, -0.2) is 0 Å². The molecule has 2 aromatic rings. The molecule has 2 fully saturated rings. The molecular formula is C37H42O7. The van der Waals surface area contributed by atoms with Crippen LogP contribution in [-0.2, 0) is 32.0 Å². The van der Waals surface area contributed by atoms with Crippen molar-refractivity contribution in [1.29, 1.82) is 0 Å². The fourth-order valence-electron chi connectivity index (χ4n) is 8.94. The van der Waals surface area contributed by atoms with Gasteiger partial charge in [-0.1, -0.05) is 83.5 Å². The van der Waals surface area contributed by atoms with Crippen molar-refractivity contribution >= 4 is 28.9 Å². The highest BCUT2D eigenvalue weighted by Crippen LogP contribution is 2.64. The largest absolute Gasteiger partial charge is 0.507 e. The zero-order valence-corrected chi connectivity index (χ0v) is 26.5. The lowest BCUT2D eigenvalue weighted by Crippen LogP contribution is -2.76. The summed E-state index contributed by atoms with van der Waals surface area (Å²) >= 11 is 0. The summed E-state index contributed by atoms with van der Waals surface area (Å²) in [5.41, 5.74) is -0.855. The summed E-state index contributed by atoms with van der Waals surface area (Å²) in [6, 6.07) is 11.2. The topological polar surface area (TPSA) is 126 Å². The van der Waals surface area contributed by atoms with Crippen LogP contribution in [0.2, 0.25) is 0 Å². The number of benzene rings is 2. The lowest BCUT2D eigenvalue weighted by atomic mass is 9.40. The Balaban J connectivity index is 1.64. The van der Waals surface area contributed by atoms with E-state index in [0.717, 1.165) is 48.4 Å². The molecule has 3 aliphatic rings. The van der Waals surface area contributed by atoms with Crippen LogP contribution < -0.4 is 0 Å². The molecule has 7 heteroatoms. The number of aliphatic hydroxyl groups is 1. The van der Waals surface area contributed by atoms with E-state index in [4.69, 9.17) is 0 Å². The Labute approximate surface area is 258 Å². The average Bonchev–Trinajstić information content (AvgIpc) is 2.91. The number of allylic oxidation sites excluding steroid dienone is 1. The number of carbonyl (C=O) groups excluding carboxylic acids is 5. The van der Waals surface area contributed by atoms with E-state index in [0.29, 0.717) is 5.56 Å². The van der Waals surface area contributed by atoms with E-state index < -0.39 is 63.1 Å². The van der Waals surface area contributed by atoms with E-state index in [1.54, 1.807) is 33.8 Å². The third kappa shape index (κ3) is 4.38. The van der Waals surface area contributed by atoms with Crippen LogP contribution in [0.3, 0.4) is 0 Å². The molecule has 6 atom stereocenters. The highest BCUT2D eigenvalue weighted by atomic mass is 16.3. The van der Waals surface area contributed by atoms with Gasteiger partial charge >= 0.3 is 0 Å². The highest BCUT2D eigenvalue weighted by Gasteiger charge is 2.76. The van der Waals surface area contributed by atoms with E-state index in [1.165, 1.54) is 6.07 Å². The van der Waals surface area contributed by atoms with Gasteiger partial charge in [0.1, 0.15) is 17.5 Å². The van der Waals surface area contributed by atoms with E-state index >= 15 is 0 Å². The number of aromatic hydroxyl groups is 1. The normalized spacial score (nSPS) is 31.4. The molecule has 0 saturated heterocycles. The van der Waals surface area contributed by atoms with E-state index in [2.05, 4.69) is 13.5 Å². The van der Waals surface area contributed by atoms with Gasteiger partial charge in [-0.05, 0) is 72.3 Å². The fraction of sp³-hybridized carbons (Fsp3) is 0.486. The van der Waals surface area contributed by atoms with Crippen LogP contribution in [-0.4, -0.2) is 44.7 Å². The van der Waals surface area contributed by atoms with Gasteiger partial charge in [-0.2, -0.15) is 0 Å². The highest BCUT2D eigenvalue weighted by molar-refractivity contribution is 6.32. The zero-order chi connectivity index (χ0) is 32.5. The second-order valence-corrected chi connectivity index (χ2v) is 14.2. The first-order valence-electron chi connectivity index (χ1n) is 15.5. The molecule has 0 aromatic heterocycles. The zero-order valence-electron chi connectivity index (χ0n) is 26.5. The van der Waals surface area contributed by atoms with Gasteiger partial charge in [0.05, 0.1) is 11.5 Å². The minimum atomic E-state index is -2.70. The van der Waals surface area contributed by atoms with Gasteiger partial charge < -0.3 is 10.2 Å². The minimum absolute atomic E-state index is 0.00814. The SMILES string of the molecule is C=C(CCC)Cc1ccc(-c2ccc(O)c3c2C[C@]2(C)C[C@]4(C)C(C(C)C)C(=O)C(C(C)=O)C(=O)[C@]4(O)C(=O)C2C3=O)cc1. The van der Waals surface area contributed by atoms with Crippen LogP contribution in [0.4, 0.5) is 0 Å². The van der Waals surface area contributed by atoms with Gasteiger partial charge in [0.25, 0.3) is 0 Å². The number of hydrogen-bond donors (Lipinski definition) is 2. The van der Waals surface area contributed by atoms with Crippen LogP contribution in [0.15, 0.2) is 48.6 Å². The van der Waals surface area contributed by atoms with Crippen LogP contribution in [0.25, 0.3) is 11.1 Å². The van der Waals surface area contributed by atoms with Crippen molar-refractivity contribution < 1.29 is 34.2 Å². The third-order valence-electron chi connectivity index (χ3n) is 10.6. The maximum Gasteiger partial charge on any atom is 0.190 e. The van der Waals surface area contributed by atoms with Crippen molar-refractivity contribution in [2.75, 3.05) is 0 Å². The van der Waals surface area contributed by atoms with Crippen molar-refractivity contribution in [3.05, 3.63) is 65.2 Å². The van der Waals surface area contributed by atoms with Crippen LogP contribution in [0.5, 0.6) is 5.75 Å². The standard InChI is InChI=1S/C37H42O7/c1-8-9-20(4)16-22-10-12-23(13-11-22)24-14-15-26(39)28-25(24)17-35(6)18-36(7)29(19(2)3)31(40)27(21(5)38)33(42)37(36,44)34(43)30(35)32(28)41/h10-15,19,27,29-30,39,44H,4,8-9,16-18H2,1-3,5-7H3/t27?,29?,30?,35-,36-,37+/m1/s1. The van der Waals surface area contributed by atoms with Gasteiger partial charge in [0, 0.05) is 11.3 Å². The third-order valence-corrected chi connectivity index (χ3v) is 10.6. The summed E-state index contributed by atoms with van der Waals surface area (Å²) in [6.45, 7) is 14.3. The molecule has 2 aromatic carbocycles. The molecule has 0 heterocycles. The predicted molar refractivity (Wildman–Crippen MR) is 166 cm³/mol. The molecular weight excluding hydrogens is 556 g/mol. The van der Waals surface area contributed by atoms with Crippen LogP contribution >= 0.6 is 0 Å². The van der Waals surface area contributed by atoms with E-state index in [1.807, 2.05) is 24.3 Å². The summed E-state index contributed by atoms with van der Waals surface area (Å²) in [5.74, 6) is -8.92. The number of phenols is 1. The number of carbonyl (C=O) groups is 5. The molecule has 3 unspecified atom stereocenters. The predicted octanol–water partition coefficient (Wildman–Crippen LogP) is 5.66. The molecule has 0 radical (unpaired) electrons. The molecule has 0 spiro atoms. The van der Waals surface area contributed by atoms with E-state index in [-0.39, 0.29) is 30.1 Å². The first kappa shape index (κ1) is 31.7. The molecule has 5 rings (SSSR count). The lowest BCUT2D eigenvalue weighted by Gasteiger charge is -2.61. The van der Waals surface area contributed by atoms with Crippen molar-refractivity contribution in [2.24, 2.45) is 34.5 Å². The molecule has 0 amide bonds. The Morgan fingerprint density at radius 1 is 1.02 bits per heavy atom. The van der Waals surface area contributed by atoms with Gasteiger partial charge in [-0.3, -0.25) is 24.0 Å². The smallest absolute Gasteiger partial charge is 0.190 e. The number of fused-ring (bicyclic) bond motifs is 3. The number of hydrogen-bond acceptors (Lipinski definition) is 7. The van der Waals surface area contributed by atoms with E-state index in [9.17, 15) is 34.2 Å². The number of Topliss-reactive ketones (excluding diaryl/α,β-unsaturated/α-hetero) is 5. The second-order valence-electron chi connectivity index (χ2n) is 14.2. The summed E-state index contributed by atoms with van der Waals surface area (Å²) in [4.78, 5) is 68.8. The summed E-state index contributed by atoms with van der Waals surface area (Å²) in [6.07, 6.45) is 2.98. The first-order chi connectivity index (χ1) is 20.5. The minimum Gasteiger partial charge on any atom is -0.507 e. The molecule has 2 N–H and O–H groups in total. The monoisotopic (exact) mass is 598 g/mol. The maximum absolute atomic E-state index is 14.4. The fourth-order valence-corrected chi connectivity index (χ4v) is 8.94. The Hall–Kier alpha value is -3.71. The van der Waals surface area contributed by atoms with Gasteiger partial charge in [0.2, 0.25) is 0 Å². The van der Waals surface area contributed by atoms with Crippen LogP contribution in [0, 0.1) is 34.5 Å². The molecule has 3 aliphatic carbocycles. The number of phenolic OH excluding ortho intramolecular Hbond substituents is 1. The summed E-state index contributed by atoms with van der Waals surface area (Å²) in [5, 5.41) is 23.1. The molecule has 0 bridgehead atoms. The van der Waals surface area contributed by atoms with Crippen molar-refractivity contribution in [2.45, 2.75) is 79.2 Å². The maximum atomic E-state index is 14.4. The van der Waals surface area contributed by atoms with Crippen molar-refractivity contribution in [3.63, 3.8) is 0 Å². The van der Waals surface area contributed by atoms with Crippen molar-refractivity contribution in [1.82, 2.24) is 0 Å².